The van der Waals surface area contributed by atoms with Crippen LogP contribution in [0.4, 0.5) is 5.69 Å². The summed E-state index contributed by atoms with van der Waals surface area (Å²) in [6.07, 6.45) is 0.790. The number of hydrogen-bond donors (Lipinski definition) is 1. The summed E-state index contributed by atoms with van der Waals surface area (Å²) in [6, 6.07) is 17.2. The number of nitrogens with zero attached hydrogens (tertiary/aromatic N) is 2. The van der Waals surface area contributed by atoms with E-state index in [1.165, 1.54) is 23.1 Å². The Balaban J connectivity index is 1.58. The van der Waals surface area contributed by atoms with Crippen LogP contribution < -0.4 is 10.9 Å². The van der Waals surface area contributed by atoms with Crippen LogP contribution in [-0.2, 0) is 22.6 Å². The Kier molecular flexibility index (Phi) is 7.01. The lowest BCUT2D eigenvalue weighted by atomic mass is 9.96. The van der Waals surface area contributed by atoms with E-state index in [-0.39, 0.29) is 17.6 Å². The van der Waals surface area contributed by atoms with Crippen molar-refractivity contribution in [2.24, 2.45) is 5.92 Å². The molecule has 3 heterocycles. The molecule has 2 aromatic heterocycles. The average molecular weight is 520 g/mol. The summed E-state index contributed by atoms with van der Waals surface area (Å²) in [5.41, 5.74) is 3.55. The van der Waals surface area contributed by atoms with E-state index in [0.29, 0.717) is 34.3 Å². The molecular formula is C28H29N3O3S2. The van der Waals surface area contributed by atoms with Gasteiger partial charge < -0.3 is 10.1 Å². The van der Waals surface area contributed by atoms with Crippen LogP contribution in [0.2, 0.25) is 0 Å². The molecule has 36 heavy (non-hydrogen) atoms. The van der Waals surface area contributed by atoms with Crippen LogP contribution in [0, 0.1) is 12.8 Å². The third-order valence-electron chi connectivity index (χ3n) is 6.44. The molecule has 4 aromatic rings. The molecule has 0 saturated heterocycles. The number of carbonyl (C=O) groups is 1. The predicted molar refractivity (Wildman–Crippen MR) is 147 cm³/mol. The van der Waals surface area contributed by atoms with Crippen LogP contribution in [0.15, 0.2) is 64.5 Å². The Morgan fingerprint density at radius 1 is 1.14 bits per heavy atom. The first-order chi connectivity index (χ1) is 17.3. The maximum Gasteiger partial charge on any atom is 0.267 e. The molecule has 0 bridgehead atoms. The van der Waals surface area contributed by atoms with Crippen molar-refractivity contribution in [3.8, 4) is 5.69 Å². The van der Waals surface area contributed by atoms with Crippen molar-refractivity contribution in [1.29, 1.82) is 0 Å². The number of rotatable bonds is 6. The largest absolute Gasteiger partial charge is 0.372 e. The van der Waals surface area contributed by atoms with Gasteiger partial charge in [-0.3, -0.25) is 14.2 Å². The standard InChI is InChI=1S/C28H29N3O3S2/c1-16(2)22-14-21-23(15-34-22)36-26-24(21)27(33)31(20-12-10-17(3)11-13-20)28(30-26)35-18(4)25(32)29-19-8-6-5-7-9-19/h5-13,16,18,22H,14-15H2,1-4H3,(H,29,32)/t18-,22+/m1/s1. The fraction of sp³-hybridized carbons (Fsp3) is 0.321. The minimum absolute atomic E-state index is 0.0817. The number of thioether (sulfide) groups is 1. The molecule has 8 heteroatoms. The van der Waals surface area contributed by atoms with E-state index in [1.807, 2.05) is 68.4 Å². The Hall–Kier alpha value is -2.94. The van der Waals surface area contributed by atoms with Crippen LogP contribution in [0.5, 0.6) is 0 Å². The van der Waals surface area contributed by atoms with Gasteiger partial charge in [0.1, 0.15) is 4.83 Å². The lowest BCUT2D eigenvalue weighted by molar-refractivity contribution is -0.115. The SMILES string of the molecule is Cc1ccc(-n2c(S[C@H](C)C(=O)Nc3ccccc3)nc3sc4c(c3c2=O)C[C@@H](C(C)C)OC4)cc1. The van der Waals surface area contributed by atoms with Gasteiger partial charge in [-0.2, -0.15) is 0 Å². The predicted octanol–water partition coefficient (Wildman–Crippen LogP) is 5.97. The number of nitrogens with one attached hydrogen (secondary N) is 1. The maximum atomic E-state index is 14.1. The molecule has 0 aliphatic carbocycles. The summed E-state index contributed by atoms with van der Waals surface area (Å²) in [5, 5.41) is 3.67. The molecule has 1 aliphatic rings. The summed E-state index contributed by atoms with van der Waals surface area (Å²) in [7, 11) is 0. The molecule has 1 N–H and O–H groups in total. The normalized spacial score (nSPS) is 16.2. The van der Waals surface area contributed by atoms with Crippen LogP contribution in [0.25, 0.3) is 15.9 Å². The lowest BCUT2D eigenvalue weighted by Crippen LogP contribution is -2.29. The number of amides is 1. The number of aryl methyl sites for hydroxylation is 1. The number of thiophene rings is 1. The number of benzene rings is 2. The molecule has 1 amide bonds. The van der Waals surface area contributed by atoms with Crippen molar-refractivity contribution in [3.63, 3.8) is 0 Å². The molecule has 1 aliphatic heterocycles. The minimum Gasteiger partial charge on any atom is -0.372 e. The van der Waals surface area contributed by atoms with Crippen molar-refractivity contribution >= 4 is 44.9 Å². The van der Waals surface area contributed by atoms with Crippen molar-refractivity contribution in [2.45, 2.75) is 57.2 Å². The second-order valence-corrected chi connectivity index (χ2v) is 11.9. The monoisotopic (exact) mass is 519 g/mol. The average Bonchev–Trinajstić information content (AvgIpc) is 3.23. The fourth-order valence-electron chi connectivity index (χ4n) is 4.31. The van der Waals surface area contributed by atoms with Gasteiger partial charge >= 0.3 is 0 Å². The maximum absolute atomic E-state index is 14.1. The van der Waals surface area contributed by atoms with Crippen molar-refractivity contribution in [1.82, 2.24) is 9.55 Å². The van der Waals surface area contributed by atoms with Gasteiger partial charge in [0.15, 0.2) is 5.16 Å². The number of fused-ring (bicyclic) bond motifs is 3. The van der Waals surface area contributed by atoms with Gasteiger partial charge in [-0.05, 0) is 49.6 Å². The van der Waals surface area contributed by atoms with Crippen LogP contribution >= 0.6 is 23.1 Å². The summed E-state index contributed by atoms with van der Waals surface area (Å²) >= 11 is 2.82. The Morgan fingerprint density at radius 2 is 1.86 bits per heavy atom. The van der Waals surface area contributed by atoms with Crippen LogP contribution in [0.3, 0.4) is 0 Å². The third kappa shape index (κ3) is 4.85. The highest BCUT2D eigenvalue weighted by molar-refractivity contribution is 8.00. The molecule has 2 aromatic carbocycles. The zero-order chi connectivity index (χ0) is 25.4. The van der Waals surface area contributed by atoms with Crippen LogP contribution in [0.1, 0.15) is 36.8 Å². The van der Waals surface area contributed by atoms with Gasteiger partial charge in [0.25, 0.3) is 5.56 Å². The highest BCUT2D eigenvalue weighted by atomic mass is 32.2. The first-order valence-electron chi connectivity index (χ1n) is 12.1. The van der Waals surface area contributed by atoms with Crippen molar-refractivity contribution in [2.75, 3.05) is 5.32 Å². The minimum atomic E-state index is -0.463. The number of para-hydroxylation sites is 1. The molecule has 0 spiro atoms. The number of aromatic nitrogens is 2. The smallest absolute Gasteiger partial charge is 0.267 e. The number of anilines is 1. The zero-order valence-corrected chi connectivity index (χ0v) is 22.4. The van der Waals surface area contributed by atoms with Gasteiger partial charge in [-0.25, -0.2) is 4.98 Å². The van der Waals surface area contributed by atoms with E-state index < -0.39 is 5.25 Å². The van der Waals surface area contributed by atoms with Gasteiger partial charge in [0, 0.05) is 17.0 Å². The molecule has 2 atom stereocenters. The molecule has 5 rings (SSSR count). The van der Waals surface area contributed by atoms with E-state index in [4.69, 9.17) is 9.72 Å². The third-order valence-corrected chi connectivity index (χ3v) is 8.59. The first-order valence-corrected chi connectivity index (χ1v) is 13.8. The Bertz CT molecular complexity index is 1460. The van der Waals surface area contributed by atoms with E-state index in [9.17, 15) is 9.59 Å². The molecule has 186 valence electrons. The summed E-state index contributed by atoms with van der Waals surface area (Å²) in [6.45, 7) is 8.63. The lowest BCUT2D eigenvalue weighted by Gasteiger charge is -2.26. The van der Waals surface area contributed by atoms with Gasteiger partial charge in [-0.15, -0.1) is 11.3 Å². The summed E-state index contributed by atoms with van der Waals surface area (Å²) < 4.78 is 7.72. The molecule has 0 radical (unpaired) electrons. The Labute approximate surface area is 218 Å². The molecule has 6 nitrogen and oxygen atoms in total. The van der Waals surface area contributed by atoms with Gasteiger partial charge in [0.2, 0.25) is 5.91 Å². The second kappa shape index (κ2) is 10.2. The van der Waals surface area contributed by atoms with E-state index in [2.05, 4.69) is 19.2 Å². The molecular weight excluding hydrogens is 490 g/mol. The highest BCUT2D eigenvalue weighted by Gasteiger charge is 2.29. The molecule has 0 fully saturated rings. The van der Waals surface area contributed by atoms with Crippen molar-refractivity contribution in [3.05, 3.63) is 81.0 Å². The van der Waals surface area contributed by atoms with Crippen molar-refractivity contribution < 1.29 is 9.53 Å². The van der Waals surface area contributed by atoms with Gasteiger partial charge in [-0.1, -0.05) is 61.5 Å². The topological polar surface area (TPSA) is 73.2 Å². The zero-order valence-electron chi connectivity index (χ0n) is 20.8. The van der Waals surface area contributed by atoms with E-state index in [0.717, 1.165) is 27.4 Å². The number of carbonyl (C=O) groups excluding carboxylic acids is 1. The number of ether oxygens (including phenoxy) is 1. The first kappa shape index (κ1) is 24.7. The molecule has 0 saturated carbocycles. The van der Waals surface area contributed by atoms with Gasteiger partial charge in [0.05, 0.1) is 29.0 Å². The van der Waals surface area contributed by atoms with Crippen LogP contribution in [-0.4, -0.2) is 26.8 Å². The highest BCUT2D eigenvalue weighted by Crippen LogP contribution is 2.37. The summed E-state index contributed by atoms with van der Waals surface area (Å²) in [5.74, 6) is 0.217. The quantitative estimate of drug-likeness (QED) is 0.251. The molecule has 0 unspecified atom stereocenters. The second-order valence-electron chi connectivity index (χ2n) is 9.47. The van der Waals surface area contributed by atoms with E-state index in [1.54, 1.807) is 4.57 Å². The Morgan fingerprint density at radius 3 is 2.56 bits per heavy atom. The fourth-order valence-corrected chi connectivity index (χ4v) is 6.41. The number of hydrogen-bond acceptors (Lipinski definition) is 6. The van der Waals surface area contributed by atoms with E-state index >= 15 is 0 Å². The summed E-state index contributed by atoms with van der Waals surface area (Å²) in [4.78, 5) is 33.7.